The van der Waals surface area contributed by atoms with E-state index in [9.17, 15) is 0 Å². The fourth-order valence-corrected chi connectivity index (χ4v) is 2.01. The summed E-state index contributed by atoms with van der Waals surface area (Å²) in [6.45, 7) is 1.46. The summed E-state index contributed by atoms with van der Waals surface area (Å²) >= 11 is 17.8. The topological polar surface area (TPSA) is 29.9 Å². The molecule has 0 spiro atoms. The minimum Gasteiger partial charge on any atom is -0.382 e. The summed E-state index contributed by atoms with van der Waals surface area (Å²) in [6, 6.07) is 5.23. The molecular formula is C11H10Cl3N3. The number of hydrogen-bond acceptors (Lipinski definition) is 2. The van der Waals surface area contributed by atoms with E-state index in [2.05, 4.69) is 10.4 Å². The molecule has 1 aromatic carbocycles. The lowest BCUT2D eigenvalue weighted by Gasteiger charge is -2.09. The molecule has 0 atom stereocenters. The van der Waals surface area contributed by atoms with E-state index in [4.69, 9.17) is 34.8 Å². The van der Waals surface area contributed by atoms with Crippen LogP contribution in [0.4, 0.5) is 5.69 Å². The van der Waals surface area contributed by atoms with Crippen LogP contribution in [-0.2, 0) is 6.54 Å². The van der Waals surface area contributed by atoms with E-state index in [0.717, 1.165) is 12.2 Å². The van der Waals surface area contributed by atoms with Gasteiger partial charge in [0, 0.05) is 18.9 Å². The van der Waals surface area contributed by atoms with Gasteiger partial charge in [0.15, 0.2) is 0 Å². The Bertz CT molecular complexity index is 497. The zero-order chi connectivity index (χ0) is 12.3. The Hall–Kier alpha value is -0.900. The van der Waals surface area contributed by atoms with Gasteiger partial charge in [-0.2, -0.15) is 5.10 Å². The number of anilines is 1. The highest BCUT2D eigenvalue weighted by molar-refractivity contribution is 6.44. The van der Waals surface area contributed by atoms with E-state index in [0.29, 0.717) is 21.6 Å². The summed E-state index contributed by atoms with van der Waals surface area (Å²) in [6.07, 6.45) is 3.64. The van der Waals surface area contributed by atoms with Crippen molar-refractivity contribution in [1.82, 2.24) is 9.78 Å². The molecule has 6 heteroatoms. The Balaban J connectivity index is 1.97. The molecule has 17 heavy (non-hydrogen) atoms. The van der Waals surface area contributed by atoms with Gasteiger partial charge in [-0.1, -0.05) is 34.8 Å². The Kier molecular flexibility index (Phi) is 4.15. The zero-order valence-corrected chi connectivity index (χ0v) is 11.1. The quantitative estimate of drug-likeness (QED) is 0.864. The second kappa shape index (κ2) is 5.63. The van der Waals surface area contributed by atoms with Gasteiger partial charge in [-0.25, -0.2) is 0 Å². The molecule has 2 aromatic rings. The number of benzene rings is 1. The van der Waals surface area contributed by atoms with Gasteiger partial charge >= 0.3 is 0 Å². The Morgan fingerprint density at radius 3 is 2.59 bits per heavy atom. The van der Waals surface area contributed by atoms with Gasteiger partial charge in [0.05, 0.1) is 27.3 Å². The van der Waals surface area contributed by atoms with Gasteiger partial charge in [0.25, 0.3) is 0 Å². The molecule has 90 valence electrons. The Morgan fingerprint density at radius 1 is 1.12 bits per heavy atom. The minimum absolute atomic E-state index is 0.453. The van der Waals surface area contributed by atoms with Crippen LogP contribution >= 0.6 is 34.8 Å². The maximum absolute atomic E-state index is 6.03. The summed E-state index contributed by atoms with van der Waals surface area (Å²) < 4.78 is 1.83. The van der Waals surface area contributed by atoms with Gasteiger partial charge in [-0.3, -0.25) is 4.68 Å². The third-order valence-corrected chi connectivity index (χ3v) is 3.26. The highest BCUT2D eigenvalue weighted by atomic mass is 35.5. The van der Waals surface area contributed by atoms with Crippen LogP contribution in [0, 0.1) is 0 Å². The standard InChI is InChI=1S/C11H10Cl3N3/c12-8-6-10(14)11(7-9(8)13)15-3-5-17-4-1-2-16-17/h1-2,4,6-7,15H,3,5H2. The Labute approximate surface area is 114 Å². The second-order valence-corrected chi connectivity index (χ2v) is 4.66. The van der Waals surface area contributed by atoms with Crippen LogP contribution in [0.15, 0.2) is 30.6 Å². The van der Waals surface area contributed by atoms with Crippen LogP contribution in [0.2, 0.25) is 15.1 Å². The van der Waals surface area contributed by atoms with Gasteiger partial charge in [-0.15, -0.1) is 0 Å². The van der Waals surface area contributed by atoms with Gasteiger partial charge in [0.1, 0.15) is 0 Å². The lowest BCUT2D eigenvalue weighted by molar-refractivity contribution is 0.638. The van der Waals surface area contributed by atoms with Crippen LogP contribution in [-0.4, -0.2) is 16.3 Å². The first-order valence-corrected chi connectivity index (χ1v) is 6.16. The van der Waals surface area contributed by atoms with Crippen molar-refractivity contribution < 1.29 is 0 Å². The molecule has 0 aliphatic carbocycles. The van der Waals surface area contributed by atoms with Crippen molar-refractivity contribution in [2.45, 2.75) is 6.54 Å². The molecule has 1 aromatic heterocycles. The van der Waals surface area contributed by atoms with Crippen molar-refractivity contribution in [1.29, 1.82) is 0 Å². The molecule has 0 unspecified atom stereocenters. The number of nitrogens with zero attached hydrogens (tertiary/aromatic N) is 2. The van der Waals surface area contributed by atoms with E-state index >= 15 is 0 Å². The van der Waals surface area contributed by atoms with Crippen molar-refractivity contribution >= 4 is 40.5 Å². The second-order valence-electron chi connectivity index (χ2n) is 3.44. The molecule has 0 aliphatic rings. The molecule has 2 rings (SSSR count). The van der Waals surface area contributed by atoms with E-state index in [1.807, 2.05) is 16.9 Å². The van der Waals surface area contributed by atoms with Crippen LogP contribution in [0.5, 0.6) is 0 Å². The van der Waals surface area contributed by atoms with E-state index in [1.54, 1.807) is 18.3 Å². The van der Waals surface area contributed by atoms with Crippen molar-refractivity contribution in [3.05, 3.63) is 45.7 Å². The molecule has 0 saturated heterocycles. The molecule has 0 bridgehead atoms. The zero-order valence-electron chi connectivity index (χ0n) is 8.83. The summed E-state index contributed by atoms with van der Waals surface area (Å²) in [7, 11) is 0. The predicted molar refractivity (Wildman–Crippen MR) is 72.2 cm³/mol. The monoisotopic (exact) mass is 289 g/mol. The molecule has 3 nitrogen and oxygen atoms in total. The maximum atomic E-state index is 6.03. The fourth-order valence-electron chi connectivity index (χ4n) is 1.40. The smallest absolute Gasteiger partial charge is 0.0653 e. The highest BCUT2D eigenvalue weighted by Crippen LogP contribution is 2.31. The van der Waals surface area contributed by atoms with Gasteiger partial charge < -0.3 is 5.32 Å². The molecule has 0 amide bonds. The van der Waals surface area contributed by atoms with Crippen LogP contribution in [0.25, 0.3) is 0 Å². The largest absolute Gasteiger partial charge is 0.382 e. The normalized spacial score (nSPS) is 10.5. The van der Waals surface area contributed by atoms with Crippen LogP contribution in [0.3, 0.4) is 0 Å². The first-order valence-electron chi connectivity index (χ1n) is 5.02. The van der Waals surface area contributed by atoms with E-state index in [-0.39, 0.29) is 0 Å². The van der Waals surface area contributed by atoms with Crippen LogP contribution < -0.4 is 5.32 Å². The average molecular weight is 291 g/mol. The lowest BCUT2D eigenvalue weighted by atomic mass is 10.3. The maximum Gasteiger partial charge on any atom is 0.0653 e. The number of nitrogens with one attached hydrogen (secondary N) is 1. The van der Waals surface area contributed by atoms with E-state index in [1.165, 1.54) is 0 Å². The lowest BCUT2D eigenvalue weighted by Crippen LogP contribution is -2.11. The molecule has 1 N–H and O–H groups in total. The number of hydrogen-bond donors (Lipinski definition) is 1. The summed E-state index contributed by atoms with van der Waals surface area (Å²) in [5, 5.41) is 8.77. The van der Waals surface area contributed by atoms with Crippen molar-refractivity contribution in [2.75, 3.05) is 11.9 Å². The SMILES string of the molecule is Clc1cc(Cl)c(NCCn2cccn2)cc1Cl. The average Bonchev–Trinajstić information content (AvgIpc) is 2.78. The summed E-state index contributed by atoms with van der Waals surface area (Å²) in [5.74, 6) is 0. The molecule has 1 heterocycles. The molecule has 0 radical (unpaired) electrons. The fraction of sp³-hybridized carbons (Fsp3) is 0.182. The molecular weight excluding hydrogens is 281 g/mol. The highest BCUT2D eigenvalue weighted by Gasteiger charge is 2.05. The van der Waals surface area contributed by atoms with Crippen molar-refractivity contribution in [2.24, 2.45) is 0 Å². The first-order chi connectivity index (χ1) is 8.16. The molecule has 0 fully saturated rings. The summed E-state index contributed by atoms with van der Waals surface area (Å²) in [5.41, 5.74) is 0.772. The first kappa shape index (κ1) is 12.6. The number of aromatic nitrogens is 2. The Morgan fingerprint density at radius 2 is 1.88 bits per heavy atom. The molecule has 0 aliphatic heterocycles. The van der Waals surface area contributed by atoms with Crippen molar-refractivity contribution in [3.63, 3.8) is 0 Å². The third kappa shape index (κ3) is 3.28. The van der Waals surface area contributed by atoms with Gasteiger partial charge in [-0.05, 0) is 18.2 Å². The van der Waals surface area contributed by atoms with Crippen molar-refractivity contribution in [3.8, 4) is 0 Å². The van der Waals surface area contributed by atoms with Crippen LogP contribution in [0.1, 0.15) is 0 Å². The predicted octanol–water partition coefficient (Wildman–Crippen LogP) is 3.96. The number of halogens is 3. The van der Waals surface area contributed by atoms with Gasteiger partial charge in [0.2, 0.25) is 0 Å². The minimum atomic E-state index is 0.453. The molecule has 0 saturated carbocycles. The third-order valence-electron chi connectivity index (χ3n) is 2.23. The number of rotatable bonds is 4. The van der Waals surface area contributed by atoms with E-state index < -0.39 is 0 Å². The summed E-state index contributed by atoms with van der Waals surface area (Å²) in [4.78, 5) is 0.